The van der Waals surface area contributed by atoms with Crippen LogP contribution in [0.4, 0.5) is 0 Å². The molecule has 0 aromatic heterocycles. The lowest BCUT2D eigenvalue weighted by Crippen LogP contribution is -2.10. The maximum atomic E-state index is 12.4. The van der Waals surface area contributed by atoms with Gasteiger partial charge in [-0.3, -0.25) is 4.79 Å². The van der Waals surface area contributed by atoms with Gasteiger partial charge in [-0.15, -0.1) is 0 Å². The van der Waals surface area contributed by atoms with Crippen LogP contribution in [-0.4, -0.2) is 16.5 Å². The molecule has 0 spiro atoms. The van der Waals surface area contributed by atoms with E-state index in [2.05, 4.69) is 5.23 Å². The zero-order chi connectivity index (χ0) is 12.7. The average Bonchev–Trinajstić information content (AvgIpc) is 2.40. The van der Waals surface area contributed by atoms with Gasteiger partial charge in [0.25, 0.3) is 0 Å². The minimum absolute atomic E-state index is 0. The van der Waals surface area contributed by atoms with Crippen molar-refractivity contribution in [1.82, 2.24) is 0 Å². The Bertz CT molecular complexity index is 728. The minimum atomic E-state index is -0.757. The van der Waals surface area contributed by atoms with Gasteiger partial charge < -0.3 is 5.48 Å². The molecule has 1 atom stereocenters. The molecule has 1 unspecified atom stereocenters. The second-order valence-electron chi connectivity index (χ2n) is 4.21. The normalized spacial score (nSPS) is 15.8. The number of rotatable bonds is 0. The number of carbonyl (C=O) groups is 1. The topological polar surface area (TPSA) is 65.6 Å². The van der Waals surface area contributed by atoms with Crippen molar-refractivity contribution in [3.8, 4) is 0 Å². The SMILES string of the molecule is Cc1ccc2c(c1)C(=O)c1ccccc1S2=C=O.O. The lowest BCUT2D eigenvalue weighted by molar-refractivity contribution is 0.103. The van der Waals surface area contributed by atoms with Gasteiger partial charge in [0.15, 0.2) is 11.0 Å². The Labute approximate surface area is 113 Å². The first-order valence-corrected chi connectivity index (χ1v) is 6.81. The van der Waals surface area contributed by atoms with E-state index in [1.165, 1.54) is 0 Å². The van der Waals surface area contributed by atoms with Crippen LogP contribution in [0.2, 0.25) is 0 Å². The van der Waals surface area contributed by atoms with Gasteiger partial charge in [0.05, 0.1) is 0 Å². The van der Waals surface area contributed by atoms with Gasteiger partial charge in [0.1, 0.15) is 0 Å². The second kappa shape index (κ2) is 4.94. The Balaban J connectivity index is 0.00000133. The van der Waals surface area contributed by atoms with E-state index in [4.69, 9.17) is 0 Å². The van der Waals surface area contributed by atoms with Gasteiger partial charge in [0, 0.05) is 20.9 Å². The largest absolute Gasteiger partial charge is 0.412 e. The quantitative estimate of drug-likeness (QED) is 0.590. The maximum Gasteiger partial charge on any atom is 0.195 e. The molecule has 0 saturated heterocycles. The fourth-order valence-electron chi connectivity index (χ4n) is 2.18. The first kappa shape index (κ1) is 13.4. The summed E-state index contributed by atoms with van der Waals surface area (Å²) in [5, 5.41) is 2.08. The Morgan fingerprint density at radius 3 is 2.42 bits per heavy atom. The predicted octanol–water partition coefficient (Wildman–Crippen LogP) is 2.47. The molecule has 0 fully saturated rings. The number of hydrogen-bond acceptors (Lipinski definition) is 2. The first-order valence-electron chi connectivity index (χ1n) is 5.59. The first-order chi connectivity index (χ1) is 8.72. The number of carbonyl (C=O) groups excluding carboxylic acids is 2. The third-order valence-corrected chi connectivity index (χ3v) is 4.79. The van der Waals surface area contributed by atoms with Crippen LogP contribution in [0.5, 0.6) is 0 Å². The molecule has 0 bridgehead atoms. The minimum Gasteiger partial charge on any atom is -0.412 e. The summed E-state index contributed by atoms with van der Waals surface area (Å²) in [6.07, 6.45) is 0. The van der Waals surface area contributed by atoms with Gasteiger partial charge in [-0.05, 0) is 41.7 Å². The molecule has 3 rings (SSSR count). The molecule has 0 amide bonds. The highest BCUT2D eigenvalue weighted by Gasteiger charge is 2.26. The van der Waals surface area contributed by atoms with Crippen LogP contribution in [-0.2, 0) is 4.79 Å². The van der Waals surface area contributed by atoms with E-state index < -0.39 is 10.5 Å². The Morgan fingerprint density at radius 1 is 1.00 bits per heavy atom. The predicted molar refractivity (Wildman–Crippen MR) is 74.5 cm³/mol. The van der Waals surface area contributed by atoms with Gasteiger partial charge in [-0.25, -0.2) is 4.79 Å². The van der Waals surface area contributed by atoms with E-state index in [0.717, 1.165) is 15.4 Å². The summed E-state index contributed by atoms with van der Waals surface area (Å²) in [7, 11) is -0.757. The van der Waals surface area contributed by atoms with Crippen LogP contribution in [0.15, 0.2) is 52.3 Å². The number of benzene rings is 2. The second-order valence-corrected chi connectivity index (χ2v) is 5.87. The molecule has 2 aromatic rings. The fraction of sp³-hybridized carbons (Fsp3) is 0.0667. The van der Waals surface area contributed by atoms with E-state index in [9.17, 15) is 9.59 Å². The molecular weight excluding hydrogens is 260 g/mol. The van der Waals surface area contributed by atoms with Crippen LogP contribution in [0.3, 0.4) is 0 Å². The molecule has 2 N–H and O–H groups in total. The molecule has 1 aliphatic heterocycles. The van der Waals surface area contributed by atoms with Crippen LogP contribution >= 0.6 is 10.5 Å². The number of fused-ring (bicyclic) bond motifs is 2. The Kier molecular flexibility index (Phi) is 3.49. The van der Waals surface area contributed by atoms with Crippen molar-refractivity contribution in [3.63, 3.8) is 0 Å². The zero-order valence-corrected chi connectivity index (χ0v) is 11.1. The van der Waals surface area contributed by atoms with Crippen molar-refractivity contribution >= 4 is 21.5 Å². The molecule has 1 aliphatic rings. The van der Waals surface area contributed by atoms with Crippen molar-refractivity contribution in [1.29, 1.82) is 0 Å². The van der Waals surface area contributed by atoms with Crippen LogP contribution in [0, 0.1) is 6.92 Å². The summed E-state index contributed by atoms with van der Waals surface area (Å²) in [5.74, 6) is 0.00306. The molecular formula is C15H12O3S. The van der Waals surface area contributed by atoms with Gasteiger partial charge in [0.2, 0.25) is 0 Å². The number of aryl methyl sites for hydroxylation is 1. The van der Waals surface area contributed by atoms with E-state index >= 15 is 0 Å². The molecule has 0 radical (unpaired) electrons. The van der Waals surface area contributed by atoms with Crippen LogP contribution in [0.1, 0.15) is 21.5 Å². The summed E-state index contributed by atoms with van der Waals surface area (Å²) in [4.78, 5) is 25.2. The van der Waals surface area contributed by atoms with Crippen LogP contribution in [0.25, 0.3) is 0 Å². The van der Waals surface area contributed by atoms with Gasteiger partial charge in [-0.2, -0.15) is 0 Å². The summed E-state index contributed by atoms with van der Waals surface area (Å²) in [6.45, 7) is 1.94. The van der Waals surface area contributed by atoms with Crippen molar-refractivity contribution in [2.45, 2.75) is 16.7 Å². The van der Waals surface area contributed by atoms with E-state index in [0.29, 0.717) is 11.1 Å². The third kappa shape index (κ3) is 1.96. The highest BCUT2D eigenvalue weighted by atomic mass is 32.2. The van der Waals surface area contributed by atoms with Crippen molar-refractivity contribution in [3.05, 3.63) is 59.2 Å². The van der Waals surface area contributed by atoms with Crippen molar-refractivity contribution < 1.29 is 15.1 Å². The zero-order valence-electron chi connectivity index (χ0n) is 10.3. The summed E-state index contributed by atoms with van der Waals surface area (Å²) >= 11 is 0. The molecule has 96 valence electrons. The summed E-state index contributed by atoms with van der Waals surface area (Å²) in [6, 6.07) is 12.9. The Morgan fingerprint density at radius 2 is 1.68 bits per heavy atom. The smallest absolute Gasteiger partial charge is 0.195 e. The van der Waals surface area contributed by atoms with Crippen molar-refractivity contribution in [2.24, 2.45) is 0 Å². The molecule has 0 aliphatic carbocycles. The molecule has 3 nitrogen and oxygen atoms in total. The van der Waals surface area contributed by atoms with E-state index in [1.54, 1.807) is 6.07 Å². The summed E-state index contributed by atoms with van der Waals surface area (Å²) in [5.41, 5.74) is 2.29. The molecule has 4 heteroatoms. The highest BCUT2D eigenvalue weighted by Crippen LogP contribution is 2.44. The molecule has 2 aromatic carbocycles. The maximum absolute atomic E-state index is 12.4. The lowest BCUT2D eigenvalue weighted by Gasteiger charge is -2.20. The molecule has 1 heterocycles. The van der Waals surface area contributed by atoms with Gasteiger partial charge >= 0.3 is 0 Å². The fourth-order valence-corrected chi connectivity index (χ4v) is 3.77. The van der Waals surface area contributed by atoms with Gasteiger partial charge in [-0.1, -0.05) is 23.8 Å². The summed E-state index contributed by atoms with van der Waals surface area (Å²) < 4.78 is 0. The average molecular weight is 272 g/mol. The number of hydrogen-bond donors (Lipinski definition) is 0. The monoisotopic (exact) mass is 272 g/mol. The molecule has 0 saturated carbocycles. The lowest BCUT2D eigenvalue weighted by atomic mass is 10.0. The molecule has 19 heavy (non-hydrogen) atoms. The third-order valence-electron chi connectivity index (χ3n) is 3.03. The van der Waals surface area contributed by atoms with Crippen LogP contribution < -0.4 is 0 Å². The Hall–Kier alpha value is -2.00. The van der Waals surface area contributed by atoms with E-state index in [1.807, 2.05) is 43.3 Å². The van der Waals surface area contributed by atoms with Crippen molar-refractivity contribution in [2.75, 3.05) is 0 Å². The number of ketones is 1. The van der Waals surface area contributed by atoms with E-state index in [-0.39, 0.29) is 11.3 Å². The standard InChI is InChI=1S/C15H10O2S.H2O/c1-10-6-7-14-12(8-10)15(17)11-4-2-3-5-13(11)18(14)9-16;/h2-8H,1H3;1H2. The highest BCUT2D eigenvalue weighted by molar-refractivity contribution is 8.14.